The number of hydrogen-bond donors (Lipinski definition) is 1. The smallest absolute Gasteiger partial charge is 0.322 e. The Morgan fingerprint density at radius 2 is 1.93 bits per heavy atom. The number of urea groups is 1. The normalized spacial score (nSPS) is 23.5. The van der Waals surface area contributed by atoms with Gasteiger partial charge in [-0.1, -0.05) is 31.4 Å². The van der Waals surface area contributed by atoms with E-state index in [1.807, 2.05) is 4.90 Å². The summed E-state index contributed by atoms with van der Waals surface area (Å²) in [5.74, 6) is -0.0692. The van der Waals surface area contributed by atoms with E-state index in [0.717, 1.165) is 25.7 Å². The highest BCUT2D eigenvalue weighted by Gasteiger charge is 2.45. The molecule has 27 heavy (non-hydrogen) atoms. The second kappa shape index (κ2) is 6.68. The third-order valence-electron chi connectivity index (χ3n) is 5.82. The molecule has 4 rings (SSSR count). The molecule has 0 spiro atoms. The van der Waals surface area contributed by atoms with Crippen molar-refractivity contribution in [3.05, 3.63) is 51.2 Å². The van der Waals surface area contributed by atoms with Gasteiger partial charge in [0.2, 0.25) is 0 Å². The van der Waals surface area contributed by atoms with Gasteiger partial charge in [0.25, 0.3) is 11.6 Å². The number of nitrogens with one attached hydrogen (secondary N) is 1. The Labute approximate surface area is 157 Å². The predicted molar refractivity (Wildman–Crippen MR) is 97.7 cm³/mol. The summed E-state index contributed by atoms with van der Waals surface area (Å²) < 4.78 is 0. The van der Waals surface area contributed by atoms with Crippen molar-refractivity contribution in [2.24, 2.45) is 0 Å². The first-order chi connectivity index (χ1) is 13.0. The highest BCUT2D eigenvalue weighted by molar-refractivity contribution is 6.01. The van der Waals surface area contributed by atoms with Crippen molar-refractivity contribution in [1.29, 1.82) is 0 Å². The molecule has 1 aromatic carbocycles. The van der Waals surface area contributed by atoms with Gasteiger partial charge in [0.1, 0.15) is 0 Å². The summed E-state index contributed by atoms with van der Waals surface area (Å²) in [6, 6.07) is 5.36. The zero-order chi connectivity index (χ0) is 19.1. The molecule has 8 heteroatoms. The van der Waals surface area contributed by atoms with Gasteiger partial charge in [-0.05, 0) is 18.4 Å². The molecule has 1 atom stereocenters. The van der Waals surface area contributed by atoms with Crippen LogP contribution in [0.25, 0.3) is 0 Å². The number of nitro benzene ring substituents is 1. The van der Waals surface area contributed by atoms with Crippen LogP contribution in [0, 0.1) is 10.1 Å². The molecule has 3 aliphatic rings. The lowest BCUT2D eigenvalue weighted by molar-refractivity contribution is -0.384. The summed E-state index contributed by atoms with van der Waals surface area (Å²) in [6.45, 7) is 0.425. The van der Waals surface area contributed by atoms with Crippen molar-refractivity contribution in [1.82, 2.24) is 15.1 Å². The molecule has 1 unspecified atom stereocenters. The first-order valence-corrected chi connectivity index (χ1v) is 9.30. The number of amides is 3. The van der Waals surface area contributed by atoms with Crippen LogP contribution in [-0.4, -0.2) is 46.3 Å². The maximum Gasteiger partial charge on any atom is 0.322 e. The Balaban J connectivity index is 1.71. The second-order valence-electron chi connectivity index (χ2n) is 7.38. The van der Waals surface area contributed by atoms with Gasteiger partial charge in [-0.2, -0.15) is 0 Å². The number of hydrogen-bond acceptors (Lipinski definition) is 4. The number of non-ortho nitro benzene ring substituents is 1. The summed E-state index contributed by atoms with van der Waals surface area (Å²) in [4.78, 5) is 39.7. The van der Waals surface area contributed by atoms with Crippen molar-refractivity contribution >= 4 is 17.6 Å². The van der Waals surface area contributed by atoms with Gasteiger partial charge in [0.05, 0.1) is 28.8 Å². The fourth-order valence-electron chi connectivity index (χ4n) is 4.34. The molecule has 1 saturated carbocycles. The number of benzene rings is 1. The lowest BCUT2D eigenvalue weighted by atomic mass is 9.93. The minimum atomic E-state index is -0.662. The number of nitrogens with zero attached hydrogens (tertiary/aromatic N) is 3. The van der Waals surface area contributed by atoms with Crippen LogP contribution in [0.5, 0.6) is 0 Å². The van der Waals surface area contributed by atoms with E-state index in [4.69, 9.17) is 0 Å². The Kier molecular flexibility index (Phi) is 4.33. The summed E-state index contributed by atoms with van der Waals surface area (Å²) in [5, 5.41) is 14.0. The van der Waals surface area contributed by atoms with Gasteiger partial charge in [0, 0.05) is 25.2 Å². The van der Waals surface area contributed by atoms with Gasteiger partial charge in [-0.3, -0.25) is 19.8 Å². The van der Waals surface area contributed by atoms with Crippen molar-refractivity contribution in [2.45, 2.75) is 44.2 Å². The SMILES string of the molecule is CN1C(=O)NC(c2cccc([N+](=O)[O-])c2)C2=C1CN(C1CCCCC1)C2=O. The first-order valence-electron chi connectivity index (χ1n) is 9.30. The number of likely N-dealkylation sites (N-methyl/N-ethyl adjacent to an activating group) is 1. The first kappa shape index (κ1) is 17.5. The summed E-state index contributed by atoms with van der Waals surface area (Å²) in [6.07, 6.45) is 5.39. The lowest BCUT2D eigenvalue weighted by Gasteiger charge is -2.31. The van der Waals surface area contributed by atoms with Crippen molar-refractivity contribution in [3.63, 3.8) is 0 Å². The summed E-state index contributed by atoms with van der Waals surface area (Å²) >= 11 is 0. The number of nitro groups is 1. The van der Waals surface area contributed by atoms with Crippen LogP contribution in [0.3, 0.4) is 0 Å². The quantitative estimate of drug-likeness (QED) is 0.654. The largest absolute Gasteiger partial charge is 0.330 e. The van der Waals surface area contributed by atoms with Gasteiger partial charge >= 0.3 is 6.03 Å². The van der Waals surface area contributed by atoms with E-state index in [1.165, 1.54) is 23.5 Å². The van der Waals surface area contributed by atoms with E-state index < -0.39 is 11.0 Å². The second-order valence-corrected chi connectivity index (χ2v) is 7.38. The lowest BCUT2D eigenvalue weighted by Crippen LogP contribution is -2.45. The fourth-order valence-corrected chi connectivity index (χ4v) is 4.34. The topological polar surface area (TPSA) is 95.8 Å². The molecule has 1 aromatic rings. The van der Waals surface area contributed by atoms with E-state index in [0.29, 0.717) is 23.4 Å². The molecular formula is C19H22N4O4. The molecule has 0 aromatic heterocycles. The van der Waals surface area contributed by atoms with E-state index in [2.05, 4.69) is 5.32 Å². The highest BCUT2D eigenvalue weighted by Crippen LogP contribution is 2.38. The highest BCUT2D eigenvalue weighted by atomic mass is 16.6. The Morgan fingerprint density at radius 3 is 2.63 bits per heavy atom. The van der Waals surface area contributed by atoms with Gasteiger partial charge in [-0.15, -0.1) is 0 Å². The third-order valence-corrected chi connectivity index (χ3v) is 5.82. The molecule has 1 aliphatic carbocycles. The number of carbonyl (C=O) groups excluding carboxylic acids is 2. The van der Waals surface area contributed by atoms with Crippen molar-refractivity contribution < 1.29 is 14.5 Å². The molecular weight excluding hydrogens is 348 g/mol. The predicted octanol–water partition coefficient (Wildman–Crippen LogP) is 2.72. The molecule has 0 radical (unpaired) electrons. The molecule has 0 saturated heterocycles. The van der Waals surface area contributed by atoms with Crippen LogP contribution in [0.15, 0.2) is 35.5 Å². The molecule has 2 aliphatic heterocycles. The Morgan fingerprint density at radius 1 is 1.19 bits per heavy atom. The standard InChI is InChI=1S/C19H22N4O4/c1-21-15-11-22(13-7-3-2-4-8-13)18(24)16(15)17(20-19(21)25)12-6-5-9-14(10-12)23(26)27/h5-6,9-10,13,17H,2-4,7-8,11H2,1H3,(H,20,25). The van der Waals surface area contributed by atoms with Crippen LogP contribution in [0.4, 0.5) is 10.5 Å². The van der Waals surface area contributed by atoms with E-state index in [1.54, 1.807) is 19.2 Å². The van der Waals surface area contributed by atoms with E-state index >= 15 is 0 Å². The number of rotatable bonds is 3. The van der Waals surface area contributed by atoms with Crippen molar-refractivity contribution in [3.8, 4) is 0 Å². The van der Waals surface area contributed by atoms with Crippen LogP contribution in [-0.2, 0) is 4.79 Å². The summed E-state index contributed by atoms with van der Waals surface area (Å²) in [7, 11) is 1.66. The monoisotopic (exact) mass is 370 g/mol. The van der Waals surface area contributed by atoms with Crippen LogP contribution < -0.4 is 5.32 Å². The molecule has 3 amide bonds. The average Bonchev–Trinajstić information content (AvgIpc) is 3.03. The fraction of sp³-hybridized carbons (Fsp3) is 0.474. The maximum absolute atomic E-state index is 13.2. The van der Waals surface area contributed by atoms with Gasteiger partial charge < -0.3 is 10.2 Å². The van der Waals surface area contributed by atoms with E-state index in [9.17, 15) is 19.7 Å². The third kappa shape index (κ3) is 2.94. The minimum absolute atomic E-state index is 0.0580. The molecule has 0 bridgehead atoms. The van der Waals surface area contributed by atoms with Crippen LogP contribution in [0.1, 0.15) is 43.7 Å². The minimum Gasteiger partial charge on any atom is -0.330 e. The van der Waals surface area contributed by atoms with Gasteiger partial charge in [-0.25, -0.2) is 4.79 Å². The molecule has 8 nitrogen and oxygen atoms in total. The van der Waals surface area contributed by atoms with Crippen LogP contribution in [0.2, 0.25) is 0 Å². The molecule has 1 N–H and O–H groups in total. The Hall–Kier alpha value is -2.90. The maximum atomic E-state index is 13.2. The molecule has 2 heterocycles. The van der Waals surface area contributed by atoms with Crippen molar-refractivity contribution in [2.75, 3.05) is 13.6 Å². The zero-order valence-electron chi connectivity index (χ0n) is 15.2. The Bertz CT molecular complexity index is 844. The van der Waals surface area contributed by atoms with E-state index in [-0.39, 0.29) is 23.7 Å². The average molecular weight is 370 g/mol. The van der Waals surface area contributed by atoms with Gasteiger partial charge in [0.15, 0.2) is 0 Å². The number of carbonyl (C=O) groups is 2. The molecule has 1 fully saturated rings. The zero-order valence-corrected chi connectivity index (χ0v) is 15.2. The molecule has 142 valence electrons. The summed E-state index contributed by atoms with van der Waals surface area (Å²) in [5.41, 5.74) is 1.73. The van der Waals surface area contributed by atoms with Crippen LogP contribution >= 0.6 is 0 Å².